The zero-order valence-corrected chi connectivity index (χ0v) is 9.37. The zero-order chi connectivity index (χ0) is 12.5. The highest BCUT2D eigenvalue weighted by Crippen LogP contribution is 2.31. The van der Waals surface area contributed by atoms with Crippen LogP contribution in [0.5, 0.6) is 0 Å². The van der Waals surface area contributed by atoms with Gasteiger partial charge in [0.15, 0.2) is 0 Å². The molecule has 1 saturated carbocycles. The van der Waals surface area contributed by atoms with Gasteiger partial charge in [-0.05, 0) is 37.3 Å². The van der Waals surface area contributed by atoms with Crippen LogP contribution in [-0.4, -0.2) is 11.0 Å². The van der Waals surface area contributed by atoms with E-state index in [0.717, 1.165) is 31.4 Å². The Morgan fingerprint density at radius 1 is 1.35 bits per heavy atom. The summed E-state index contributed by atoms with van der Waals surface area (Å²) in [5, 5.41) is 0. The van der Waals surface area contributed by atoms with E-state index in [4.69, 9.17) is 5.73 Å². The zero-order valence-electron chi connectivity index (χ0n) is 9.37. The molecule has 5 heteroatoms. The van der Waals surface area contributed by atoms with Gasteiger partial charge in [0, 0.05) is 17.9 Å². The molecule has 1 aromatic heterocycles. The summed E-state index contributed by atoms with van der Waals surface area (Å²) < 4.78 is 37.5. The summed E-state index contributed by atoms with van der Waals surface area (Å²) in [4.78, 5) is 4.00. The molecule has 94 valence electrons. The number of nitrogens with zero attached hydrogens (tertiary/aromatic N) is 1. The van der Waals surface area contributed by atoms with Gasteiger partial charge in [0.2, 0.25) is 0 Å². The largest absolute Gasteiger partial charge is 0.416 e. The fourth-order valence-corrected chi connectivity index (χ4v) is 2.35. The topological polar surface area (TPSA) is 38.9 Å². The second kappa shape index (κ2) is 4.64. The molecule has 1 aliphatic rings. The lowest BCUT2D eigenvalue weighted by atomic mass is 9.97. The average molecular weight is 244 g/mol. The number of pyridine rings is 1. The molecule has 2 N–H and O–H groups in total. The third kappa shape index (κ3) is 2.97. The van der Waals surface area contributed by atoms with E-state index in [1.165, 1.54) is 6.20 Å². The first-order valence-corrected chi connectivity index (χ1v) is 5.74. The van der Waals surface area contributed by atoms with Crippen LogP contribution in [0.15, 0.2) is 18.3 Å². The van der Waals surface area contributed by atoms with Crippen molar-refractivity contribution in [3.8, 4) is 0 Å². The molecule has 0 radical (unpaired) electrons. The van der Waals surface area contributed by atoms with Gasteiger partial charge in [0.05, 0.1) is 5.56 Å². The van der Waals surface area contributed by atoms with Crippen LogP contribution in [0.1, 0.15) is 30.5 Å². The monoisotopic (exact) mass is 244 g/mol. The number of halogens is 3. The Morgan fingerprint density at radius 2 is 2.12 bits per heavy atom. The normalized spacial score (nSPS) is 25.2. The molecule has 1 aliphatic carbocycles. The van der Waals surface area contributed by atoms with Gasteiger partial charge in [-0.15, -0.1) is 0 Å². The van der Waals surface area contributed by atoms with Gasteiger partial charge in [-0.1, -0.05) is 6.42 Å². The third-order valence-corrected chi connectivity index (χ3v) is 3.33. The van der Waals surface area contributed by atoms with Crippen LogP contribution in [0.3, 0.4) is 0 Å². The molecular formula is C12H15F3N2. The first kappa shape index (κ1) is 12.4. The quantitative estimate of drug-likeness (QED) is 0.868. The van der Waals surface area contributed by atoms with E-state index in [1.807, 2.05) is 0 Å². The maximum Gasteiger partial charge on any atom is 0.416 e. The van der Waals surface area contributed by atoms with E-state index in [-0.39, 0.29) is 12.0 Å². The third-order valence-electron chi connectivity index (χ3n) is 3.33. The summed E-state index contributed by atoms with van der Waals surface area (Å²) in [7, 11) is 0. The van der Waals surface area contributed by atoms with Crippen molar-refractivity contribution in [3.63, 3.8) is 0 Å². The summed E-state index contributed by atoms with van der Waals surface area (Å²) in [6, 6.07) is 2.23. The van der Waals surface area contributed by atoms with Crippen molar-refractivity contribution in [1.82, 2.24) is 4.98 Å². The van der Waals surface area contributed by atoms with Crippen LogP contribution in [0.2, 0.25) is 0 Å². The SMILES string of the molecule is N[C@H]1CCC[C@@H]1Cc1cc(C(F)(F)F)ccn1. The van der Waals surface area contributed by atoms with Gasteiger partial charge < -0.3 is 5.73 Å². The van der Waals surface area contributed by atoms with E-state index in [2.05, 4.69) is 4.98 Å². The molecule has 2 atom stereocenters. The Morgan fingerprint density at radius 3 is 2.71 bits per heavy atom. The molecule has 0 saturated heterocycles. The molecule has 17 heavy (non-hydrogen) atoms. The fraction of sp³-hybridized carbons (Fsp3) is 0.583. The number of hydrogen-bond donors (Lipinski definition) is 1. The average Bonchev–Trinajstić information content (AvgIpc) is 2.64. The minimum absolute atomic E-state index is 0.103. The van der Waals surface area contributed by atoms with Gasteiger partial charge in [0.25, 0.3) is 0 Å². The second-order valence-corrected chi connectivity index (χ2v) is 4.59. The van der Waals surface area contributed by atoms with E-state index < -0.39 is 11.7 Å². The second-order valence-electron chi connectivity index (χ2n) is 4.59. The lowest BCUT2D eigenvalue weighted by molar-refractivity contribution is -0.137. The summed E-state index contributed by atoms with van der Waals surface area (Å²) in [5.74, 6) is 0.269. The van der Waals surface area contributed by atoms with Gasteiger partial charge in [-0.2, -0.15) is 13.2 Å². The molecule has 0 aliphatic heterocycles. The van der Waals surface area contributed by atoms with Crippen molar-refractivity contribution in [2.45, 2.75) is 37.9 Å². The first-order chi connectivity index (χ1) is 7.97. The Kier molecular flexibility index (Phi) is 3.38. The van der Waals surface area contributed by atoms with Crippen molar-refractivity contribution in [2.24, 2.45) is 11.7 Å². The summed E-state index contributed by atoms with van der Waals surface area (Å²) >= 11 is 0. The molecule has 0 spiro atoms. The Balaban J connectivity index is 2.11. The molecule has 2 rings (SSSR count). The smallest absolute Gasteiger partial charge is 0.327 e. The molecular weight excluding hydrogens is 229 g/mol. The van der Waals surface area contributed by atoms with Crippen LogP contribution in [0.25, 0.3) is 0 Å². The van der Waals surface area contributed by atoms with Crippen LogP contribution < -0.4 is 5.73 Å². The maximum atomic E-state index is 12.5. The van der Waals surface area contributed by atoms with Gasteiger partial charge in [0.1, 0.15) is 0 Å². The predicted octanol–water partition coefficient (Wildman–Crippen LogP) is 2.77. The van der Waals surface area contributed by atoms with Crippen LogP contribution in [0.4, 0.5) is 13.2 Å². The molecule has 2 nitrogen and oxygen atoms in total. The number of aromatic nitrogens is 1. The lowest BCUT2D eigenvalue weighted by Crippen LogP contribution is -2.26. The molecule has 0 amide bonds. The summed E-state index contributed by atoms with van der Waals surface area (Å²) in [5.41, 5.74) is 5.76. The predicted molar refractivity (Wildman–Crippen MR) is 58.3 cm³/mol. The minimum Gasteiger partial charge on any atom is -0.327 e. The Bertz CT molecular complexity index is 390. The van der Waals surface area contributed by atoms with E-state index in [1.54, 1.807) is 0 Å². The van der Waals surface area contributed by atoms with Crippen molar-refractivity contribution >= 4 is 0 Å². The number of hydrogen-bond acceptors (Lipinski definition) is 2. The molecule has 0 aromatic carbocycles. The standard InChI is InChI=1S/C12H15F3N2/c13-12(14,15)9-4-5-17-10(7-9)6-8-2-1-3-11(8)16/h4-5,7-8,11H,1-3,6,16H2/t8-,11+/m1/s1. The first-order valence-electron chi connectivity index (χ1n) is 5.74. The van der Waals surface area contributed by atoms with Gasteiger partial charge >= 0.3 is 6.18 Å². The number of rotatable bonds is 2. The van der Waals surface area contributed by atoms with Crippen LogP contribution in [0, 0.1) is 5.92 Å². The molecule has 0 unspecified atom stereocenters. The van der Waals surface area contributed by atoms with Crippen LogP contribution in [-0.2, 0) is 12.6 Å². The lowest BCUT2D eigenvalue weighted by Gasteiger charge is -2.15. The van der Waals surface area contributed by atoms with Gasteiger partial charge in [-0.3, -0.25) is 4.98 Å². The van der Waals surface area contributed by atoms with E-state index in [0.29, 0.717) is 12.1 Å². The highest BCUT2D eigenvalue weighted by molar-refractivity contribution is 5.20. The molecule has 1 heterocycles. The van der Waals surface area contributed by atoms with Crippen molar-refractivity contribution in [1.29, 1.82) is 0 Å². The highest BCUT2D eigenvalue weighted by atomic mass is 19.4. The maximum absolute atomic E-state index is 12.5. The minimum atomic E-state index is -4.30. The van der Waals surface area contributed by atoms with Crippen molar-refractivity contribution in [2.75, 3.05) is 0 Å². The molecule has 1 fully saturated rings. The van der Waals surface area contributed by atoms with Crippen molar-refractivity contribution in [3.05, 3.63) is 29.6 Å². The molecule has 1 aromatic rings. The van der Waals surface area contributed by atoms with Crippen LogP contribution >= 0.6 is 0 Å². The highest BCUT2D eigenvalue weighted by Gasteiger charge is 2.31. The summed E-state index contributed by atoms with van der Waals surface area (Å²) in [6.07, 6.45) is 0.479. The summed E-state index contributed by atoms with van der Waals surface area (Å²) in [6.45, 7) is 0. The van der Waals surface area contributed by atoms with E-state index in [9.17, 15) is 13.2 Å². The number of alkyl halides is 3. The fourth-order valence-electron chi connectivity index (χ4n) is 2.35. The number of nitrogens with two attached hydrogens (primary N) is 1. The molecule has 0 bridgehead atoms. The van der Waals surface area contributed by atoms with Crippen molar-refractivity contribution < 1.29 is 13.2 Å². The Hall–Kier alpha value is -1.10. The van der Waals surface area contributed by atoms with Gasteiger partial charge in [-0.25, -0.2) is 0 Å². The van der Waals surface area contributed by atoms with E-state index >= 15 is 0 Å². The Labute approximate surface area is 98.0 Å².